The van der Waals surface area contributed by atoms with E-state index in [-0.39, 0.29) is 17.9 Å². The predicted octanol–water partition coefficient (Wildman–Crippen LogP) is 2.84. The largest absolute Gasteiger partial charge is 0.370 e. The van der Waals surface area contributed by atoms with Gasteiger partial charge in [0.15, 0.2) is 0 Å². The van der Waals surface area contributed by atoms with Crippen molar-refractivity contribution in [1.82, 2.24) is 9.88 Å². The van der Waals surface area contributed by atoms with Crippen molar-refractivity contribution in [1.29, 1.82) is 0 Å². The van der Waals surface area contributed by atoms with Gasteiger partial charge in [-0.05, 0) is 54.3 Å². The summed E-state index contributed by atoms with van der Waals surface area (Å²) in [6, 6.07) is 6.59. The zero-order valence-electron chi connectivity index (χ0n) is 17.0. The van der Waals surface area contributed by atoms with Gasteiger partial charge in [-0.2, -0.15) is 11.3 Å². The van der Waals surface area contributed by atoms with Gasteiger partial charge in [-0.25, -0.2) is 4.98 Å². The van der Waals surface area contributed by atoms with Crippen LogP contribution in [0.2, 0.25) is 0 Å². The first kappa shape index (κ1) is 21.3. The number of likely N-dealkylation sites (tertiary alicyclic amines) is 1. The number of hydrogen-bond acceptors (Lipinski definition) is 6. The number of thiophene rings is 1. The fraction of sp³-hybridized carbons (Fsp3) is 0.476. The third-order valence-electron chi connectivity index (χ3n) is 5.38. The summed E-state index contributed by atoms with van der Waals surface area (Å²) in [5, 5.41) is 6.99. The number of piperidine rings is 1. The maximum absolute atomic E-state index is 11.2. The lowest BCUT2D eigenvalue weighted by molar-refractivity contribution is -0.119. The molecule has 8 heteroatoms. The molecule has 1 fully saturated rings. The molecule has 0 spiro atoms. The number of aromatic nitrogens is 1. The minimum atomic E-state index is -0.246. The van der Waals surface area contributed by atoms with E-state index in [1.54, 1.807) is 11.3 Å². The van der Waals surface area contributed by atoms with Crippen LogP contribution in [0.3, 0.4) is 0 Å². The summed E-state index contributed by atoms with van der Waals surface area (Å²) in [6.07, 6.45) is 4.26. The molecule has 2 aromatic heterocycles. The summed E-state index contributed by atoms with van der Waals surface area (Å²) in [5.74, 6) is 0.189. The summed E-state index contributed by atoms with van der Waals surface area (Å²) in [5.41, 5.74) is 7.70. The first-order valence-electron chi connectivity index (χ1n) is 9.96. The lowest BCUT2D eigenvalue weighted by Crippen LogP contribution is -2.48. The van der Waals surface area contributed by atoms with Gasteiger partial charge in [0.1, 0.15) is 5.82 Å². The van der Waals surface area contributed by atoms with Crippen LogP contribution in [0.5, 0.6) is 0 Å². The molecule has 3 N–H and O–H groups in total. The van der Waals surface area contributed by atoms with E-state index in [1.807, 2.05) is 18.3 Å². The van der Waals surface area contributed by atoms with Crippen LogP contribution in [0.15, 0.2) is 35.2 Å². The van der Waals surface area contributed by atoms with Crippen molar-refractivity contribution in [2.75, 3.05) is 23.3 Å². The number of carbonyl (C=O) groups excluding carboxylic acids is 2. The standard InChI is InChI=1S/C21H29N5O2S/c1-15(11-20(22)28)25-8-5-18(6-9-25)26(13-17-7-10-29-14-17)19-3-4-21(23-12-19)24-16(2)27/h3-4,7,10,12,14-15,18H,5-6,8-9,11,13H2,1-2H3,(H2,22,28)(H,23,24,27)/t15-/m1/s1. The maximum Gasteiger partial charge on any atom is 0.222 e. The van der Waals surface area contributed by atoms with Gasteiger partial charge in [-0.3, -0.25) is 14.5 Å². The Morgan fingerprint density at radius 2 is 2.10 bits per heavy atom. The molecule has 0 aromatic carbocycles. The van der Waals surface area contributed by atoms with Crippen LogP contribution >= 0.6 is 11.3 Å². The highest BCUT2D eigenvalue weighted by Crippen LogP contribution is 2.27. The Hall–Kier alpha value is -2.45. The third-order valence-corrected chi connectivity index (χ3v) is 6.11. The Kier molecular flexibility index (Phi) is 7.22. The van der Waals surface area contributed by atoms with Crippen molar-refractivity contribution >= 4 is 34.7 Å². The number of carbonyl (C=O) groups is 2. The van der Waals surface area contributed by atoms with Crippen LogP contribution in [0.4, 0.5) is 11.5 Å². The van der Waals surface area contributed by atoms with Gasteiger partial charge in [0, 0.05) is 45.1 Å². The molecule has 0 bridgehead atoms. The minimum absolute atomic E-state index is 0.127. The first-order valence-corrected chi connectivity index (χ1v) is 10.9. The van der Waals surface area contributed by atoms with Gasteiger partial charge in [0.25, 0.3) is 0 Å². The third kappa shape index (κ3) is 6.01. The first-order chi connectivity index (χ1) is 13.9. The Labute approximate surface area is 175 Å². The summed E-state index contributed by atoms with van der Waals surface area (Å²) < 4.78 is 0. The molecular weight excluding hydrogens is 386 g/mol. The Morgan fingerprint density at radius 3 is 2.66 bits per heavy atom. The van der Waals surface area contributed by atoms with E-state index >= 15 is 0 Å². The van der Waals surface area contributed by atoms with Gasteiger partial charge >= 0.3 is 0 Å². The Balaban J connectivity index is 1.71. The molecule has 29 heavy (non-hydrogen) atoms. The predicted molar refractivity (Wildman–Crippen MR) is 117 cm³/mol. The lowest BCUT2D eigenvalue weighted by Gasteiger charge is -2.41. The second kappa shape index (κ2) is 9.84. The van der Waals surface area contributed by atoms with Crippen molar-refractivity contribution in [2.45, 2.75) is 51.7 Å². The van der Waals surface area contributed by atoms with Crippen molar-refractivity contribution < 1.29 is 9.59 Å². The van der Waals surface area contributed by atoms with Crippen molar-refractivity contribution in [2.24, 2.45) is 5.73 Å². The van der Waals surface area contributed by atoms with Gasteiger partial charge in [0.05, 0.1) is 11.9 Å². The van der Waals surface area contributed by atoms with E-state index in [1.165, 1.54) is 12.5 Å². The van der Waals surface area contributed by atoms with Crippen LogP contribution < -0.4 is 16.0 Å². The van der Waals surface area contributed by atoms with Crippen LogP contribution in [0, 0.1) is 0 Å². The second-order valence-corrected chi connectivity index (χ2v) is 8.41. The Morgan fingerprint density at radius 1 is 1.34 bits per heavy atom. The van der Waals surface area contributed by atoms with Gasteiger partial charge in [0.2, 0.25) is 11.8 Å². The van der Waals surface area contributed by atoms with Gasteiger partial charge in [-0.15, -0.1) is 0 Å². The van der Waals surface area contributed by atoms with Crippen LogP contribution in [0.1, 0.15) is 38.7 Å². The summed E-state index contributed by atoms with van der Waals surface area (Å²) >= 11 is 1.70. The molecular formula is C21H29N5O2S. The number of primary amides is 1. The quantitative estimate of drug-likeness (QED) is 0.692. The average molecular weight is 416 g/mol. The summed E-state index contributed by atoms with van der Waals surface area (Å²) in [7, 11) is 0. The molecule has 0 radical (unpaired) electrons. The van der Waals surface area contributed by atoms with Crippen LogP contribution in [0.25, 0.3) is 0 Å². The molecule has 0 aliphatic carbocycles. The number of amides is 2. The number of nitrogens with one attached hydrogen (secondary N) is 1. The highest BCUT2D eigenvalue weighted by atomic mass is 32.1. The highest BCUT2D eigenvalue weighted by molar-refractivity contribution is 7.07. The van der Waals surface area contributed by atoms with E-state index < -0.39 is 0 Å². The molecule has 1 aliphatic rings. The van der Waals surface area contributed by atoms with E-state index in [4.69, 9.17) is 5.73 Å². The summed E-state index contributed by atoms with van der Waals surface area (Å²) in [4.78, 5) is 31.6. The molecule has 156 valence electrons. The smallest absolute Gasteiger partial charge is 0.222 e. The number of nitrogens with two attached hydrogens (primary N) is 1. The molecule has 1 atom stereocenters. The van der Waals surface area contributed by atoms with Crippen LogP contribution in [-0.2, 0) is 16.1 Å². The SMILES string of the molecule is CC(=O)Nc1ccc(N(Cc2ccsc2)C2CCN([C@H](C)CC(N)=O)CC2)cn1. The zero-order chi connectivity index (χ0) is 20.8. The van der Waals surface area contributed by atoms with E-state index in [0.29, 0.717) is 18.3 Å². The highest BCUT2D eigenvalue weighted by Gasteiger charge is 2.28. The number of hydrogen-bond donors (Lipinski definition) is 2. The molecule has 0 unspecified atom stereocenters. The van der Waals surface area contributed by atoms with E-state index in [0.717, 1.165) is 38.2 Å². The summed E-state index contributed by atoms with van der Waals surface area (Å²) in [6.45, 7) is 6.25. The molecule has 3 heterocycles. The van der Waals surface area contributed by atoms with E-state index in [2.05, 4.69) is 43.9 Å². The number of anilines is 2. The van der Waals surface area contributed by atoms with Crippen molar-refractivity contribution in [3.63, 3.8) is 0 Å². The minimum Gasteiger partial charge on any atom is -0.370 e. The zero-order valence-corrected chi connectivity index (χ0v) is 17.8. The van der Waals surface area contributed by atoms with Gasteiger partial charge in [-0.1, -0.05) is 0 Å². The normalized spacial score (nSPS) is 16.3. The number of rotatable bonds is 8. The van der Waals surface area contributed by atoms with Gasteiger partial charge < -0.3 is 16.0 Å². The lowest BCUT2D eigenvalue weighted by atomic mass is 9.99. The Bertz CT molecular complexity index is 801. The van der Waals surface area contributed by atoms with Crippen molar-refractivity contribution in [3.05, 3.63) is 40.7 Å². The molecule has 7 nitrogen and oxygen atoms in total. The molecule has 2 aromatic rings. The second-order valence-electron chi connectivity index (χ2n) is 7.63. The number of nitrogens with zero attached hydrogens (tertiary/aromatic N) is 3. The number of pyridine rings is 1. The topological polar surface area (TPSA) is 91.6 Å². The van der Waals surface area contributed by atoms with Crippen LogP contribution in [-0.4, -0.2) is 46.9 Å². The monoisotopic (exact) mass is 415 g/mol. The molecule has 0 saturated carbocycles. The molecule has 1 aliphatic heterocycles. The maximum atomic E-state index is 11.2. The molecule has 2 amide bonds. The fourth-order valence-corrected chi connectivity index (χ4v) is 4.54. The molecule has 3 rings (SSSR count). The fourth-order valence-electron chi connectivity index (χ4n) is 3.88. The van der Waals surface area contributed by atoms with Crippen molar-refractivity contribution in [3.8, 4) is 0 Å². The average Bonchev–Trinajstić information content (AvgIpc) is 3.19. The molecule has 1 saturated heterocycles. The van der Waals surface area contributed by atoms with E-state index in [9.17, 15) is 9.59 Å².